The molecular formula is C20H34N3OP. The number of benzene rings is 1. The standard InChI is InChI=1S/C20H34N3OP/c1-15(2)22-19-13-9-10-14-20(19)23(16(3)4)25(22,24)21-17(5)18-11-7-6-8-12-18/h6-8,11-12,15-17,19-20H,9-10,13-14H2,1-5H3,(H,21,24)/t17-,19-,20-/m1/s1. The first-order valence-corrected chi connectivity index (χ1v) is 11.5. The lowest BCUT2D eigenvalue weighted by atomic mass is 9.89. The largest absolute Gasteiger partial charge is 0.285 e. The molecule has 3 atom stereocenters. The van der Waals surface area contributed by atoms with Crippen LogP contribution in [0.15, 0.2) is 30.3 Å². The van der Waals surface area contributed by atoms with Crippen molar-refractivity contribution in [2.24, 2.45) is 0 Å². The zero-order valence-electron chi connectivity index (χ0n) is 16.4. The molecule has 1 N–H and O–H groups in total. The predicted molar refractivity (Wildman–Crippen MR) is 106 cm³/mol. The van der Waals surface area contributed by atoms with E-state index >= 15 is 0 Å². The molecule has 0 spiro atoms. The Hall–Kier alpha value is -0.670. The molecular weight excluding hydrogens is 329 g/mol. The molecule has 1 saturated heterocycles. The van der Waals surface area contributed by atoms with Gasteiger partial charge in [0.2, 0.25) is 0 Å². The smallest absolute Gasteiger partial charge is 0.270 e. The summed E-state index contributed by atoms with van der Waals surface area (Å²) in [4.78, 5) is 0. The van der Waals surface area contributed by atoms with Crippen LogP contribution in [0.1, 0.15) is 71.9 Å². The normalized spacial score (nSPS) is 28.4. The molecule has 0 radical (unpaired) electrons. The minimum atomic E-state index is -2.81. The van der Waals surface area contributed by atoms with Crippen molar-refractivity contribution in [1.82, 2.24) is 14.4 Å². The van der Waals surface area contributed by atoms with Crippen LogP contribution in [-0.4, -0.2) is 33.5 Å². The third-order valence-electron chi connectivity index (χ3n) is 5.72. The monoisotopic (exact) mass is 363 g/mol. The lowest BCUT2D eigenvalue weighted by molar-refractivity contribution is 0.173. The van der Waals surface area contributed by atoms with Crippen molar-refractivity contribution in [1.29, 1.82) is 0 Å². The Kier molecular flexibility index (Phi) is 5.75. The van der Waals surface area contributed by atoms with Gasteiger partial charge in [-0.2, -0.15) is 0 Å². The molecule has 0 bridgehead atoms. The molecule has 4 nitrogen and oxygen atoms in total. The second kappa shape index (κ2) is 7.52. The van der Waals surface area contributed by atoms with Gasteiger partial charge in [0.1, 0.15) is 0 Å². The third-order valence-corrected chi connectivity index (χ3v) is 9.21. The molecule has 140 valence electrons. The second-order valence-electron chi connectivity index (χ2n) is 8.17. The van der Waals surface area contributed by atoms with E-state index in [0.717, 1.165) is 12.8 Å². The molecule has 0 aromatic heterocycles. The maximum atomic E-state index is 14.4. The van der Waals surface area contributed by atoms with Crippen LogP contribution in [-0.2, 0) is 4.57 Å². The fourth-order valence-electron chi connectivity index (χ4n) is 4.82. The summed E-state index contributed by atoms with van der Waals surface area (Å²) in [5, 5.41) is 3.60. The summed E-state index contributed by atoms with van der Waals surface area (Å²) in [7, 11) is -2.81. The first-order chi connectivity index (χ1) is 11.9. The van der Waals surface area contributed by atoms with Gasteiger partial charge in [0, 0.05) is 30.2 Å². The van der Waals surface area contributed by atoms with Crippen molar-refractivity contribution in [3.63, 3.8) is 0 Å². The third kappa shape index (κ3) is 3.47. The van der Waals surface area contributed by atoms with Gasteiger partial charge in [-0.25, -0.2) is 14.4 Å². The molecule has 2 fully saturated rings. The molecule has 0 unspecified atom stereocenters. The number of fused-ring (bicyclic) bond motifs is 1. The van der Waals surface area contributed by atoms with Gasteiger partial charge in [0.15, 0.2) is 0 Å². The summed E-state index contributed by atoms with van der Waals surface area (Å²) in [5.74, 6) is 0. The van der Waals surface area contributed by atoms with Crippen LogP contribution in [0.5, 0.6) is 0 Å². The average Bonchev–Trinajstić information content (AvgIpc) is 2.83. The van der Waals surface area contributed by atoms with E-state index in [1.807, 2.05) is 6.07 Å². The molecule has 5 heteroatoms. The Labute approximate surface area is 153 Å². The van der Waals surface area contributed by atoms with Gasteiger partial charge < -0.3 is 0 Å². The lowest BCUT2D eigenvalue weighted by Crippen LogP contribution is -2.43. The Morgan fingerprint density at radius 1 is 0.920 bits per heavy atom. The Morgan fingerprint density at radius 2 is 1.40 bits per heavy atom. The van der Waals surface area contributed by atoms with E-state index in [0.29, 0.717) is 12.1 Å². The van der Waals surface area contributed by atoms with Crippen molar-refractivity contribution in [2.75, 3.05) is 0 Å². The highest BCUT2D eigenvalue weighted by Gasteiger charge is 2.57. The molecule has 1 saturated carbocycles. The fourth-order valence-corrected chi connectivity index (χ4v) is 8.58. The second-order valence-corrected chi connectivity index (χ2v) is 10.4. The molecule has 25 heavy (non-hydrogen) atoms. The molecule has 1 aromatic carbocycles. The molecule has 2 aliphatic rings. The number of hydrogen-bond acceptors (Lipinski definition) is 1. The first-order valence-electron chi connectivity index (χ1n) is 9.86. The van der Waals surface area contributed by atoms with Gasteiger partial charge in [-0.15, -0.1) is 0 Å². The van der Waals surface area contributed by atoms with Gasteiger partial charge in [0.25, 0.3) is 7.59 Å². The number of rotatable bonds is 5. The highest BCUT2D eigenvalue weighted by Crippen LogP contribution is 2.63. The molecule has 1 aliphatic carbocycles. The minimum absolute atomic E-state index is 0.0645. The highest BCUT2D eigenvalue weighted by atomic mass is 31.2. The Bertz CT molecular complexity index is 591. The van der Waals surface area contributed by atoms with E-state index in [9.17, 15) is 4.57 Å². The highest BCUT2D eigenvalue weighted by molar-refractivity contribution is 7.57. The first kappa shape index (κ1) is 19.1. The van der Waals surface area contributed by atoms with Gasteiger partial charge in [0.05, 0.1) is 0 Å². The summed E-state index contributed by atoms with van der Waals surface area (Å²) in [5.41, 5.74) is 1.19. The number of nitrogens with one attached hydrogen (secondary N) is 1. The molecule has 1 heterocycles. The van der Waals surface area contributed by atoms with E-state index in [2.05, 4.69) is 73.3 Å². The quantitative estimate of drug-likeness (QED) is 0.730. The van der Waals surface area contributed by atoms with E-state index in [-0.39, 0.29) is 18.1 Å². The minimum Gasteiger partial charge on any atom is -0.270 e. The Balaban J connectivity index is 1.97. The molecule has 1 aliphatic heterocycles. The van der Waals surface area contributed by atoms with Gasteiger partial charge in [-0.3, -0.25) is 4.57 Å². The van der Waals surface area contributed by atoms with Crippen molar-refractivity contribution < 1.29 is 4.57 Å². The van der Waals surface area contributed by atoms with Gasteiger partial charge in [-0.1, -0.05) is 43.2 Å². The number of nitrogens with zero attached hydrogens (tertiary/aromatic N) is 2. The van der Waals surface area contributed by atoms with Crippen molar-refractivity contribution in [2.45, 2.75) is 90.5 Å². The maximum Gasteiger partial charge on any atom is 0.285 e. The van der Waals surface area contributed by atoms with E-state index in [1.54, 1.807) is 0 Å². The maximum absolute atomic E-state index is 14.4. The van der Waals surface area contributed by atoms with Crippen molar-refractivity contribution >= 4 is 7.59 Å². The molecule has 1 aromatic rings. The van der Waals surface area contributed by atoms with Crippen LogP contribution in [0.3, 0.4) is 0 Å². The molecule has 0 amide bonds. The number of hydrogen-bond donors (Lipinski definition) is 1. The lowest BCUT2D eigenvalue weighted by Gasteiger charge is -2.38. The van der Waals surface area contributed by atoms with Crippen LogP contribution < -0.4 is 5.09 Å². The van der Waals surface area contributed by atoms with Crippen molar-refractivity contribution in [3.8, 4) is 0 Å². The fraction of sp³-hybridized carbons (Fsp3) is 0.700. The van der Waals surface area contributed by atoms with Gasteiger partial charge in [-0.05, 0) is 53.0 Å². The zero-order valence-corrected chi connectivity index (χ0v) is 17.2. The van der Waals surface area contributed by atoms with Gasteiger partial charge >= 0.3 is 0 Å². The average molecular weight is 363 g/mol. The van der Waals surface area contributed by atoms with Crippen LogP contribution >= 0.6 is 7.59 Å². The van der Waals surface area contributed by atoms with E-state index < -0.39 is 7.59 Å². The summed E-state index contributed by atoms with van der Waals surface area (Å²) in [6.07, 6.45) is 4.84. The molecule has 3 rings (SSSR count). The van der Waals surface area contributed by atoms with E-state index in [1.165, 1.54) is 18.4 Å². The van der Waals surface area contributed by atoms with Crippen LogP contribution in [0.2, 0.25) is 0 Å². The summed E-state index contributed by atoms with van der Waals surface area (Å²) < 4.78 is 19.1. The van der Waals surface area contributed by atoms with E-state index in [4.69, 9.17) is 0 Å². The summed E-state index contributed by atoms with van der Waals surface area (Å²) >= 11 is 0. The Morgan fingerprint density at radius 3 is 1.84 bits per heavy atom. The van der Waals surface area contributed by atoms with Crippen LogP contribution in [0, 0.1) is 0 Å². The zero-order chi connectivity index (χ0) is 18.2. The summed E-state index contributed by atoms with van der Waals surface area (Å²) in [6.45, 7) is 10.9. The predicted octanol–water partition coefficient (Wildman–Crippen LogP) is 5.19. The van der Waals surface area contributed by atoms with Crippen molar-refractivity contribution in [3.05, 3.63) is 35.9 Å². The SMILES string of the molecule is CC(C)N1[C@@H]2CCCC[C@H]2N(C(C)C)P1(=O)N[C@H](C)c1ccccc1. The topological polar surface area (TPSA) is 35.6 Å². The van der Waals surface area contributed by atoms with Crippen LogP contribution in [0.25, 0.3) is 0 Å². The van der Waals surface area contributed by atoms with Crippen LogP contribution in [0.4, 0.5) is 0 Å². The summed E-state index contributed by atoms with van der Waals surface area (Å²) in [6, 6.07) is 11.8.